The molecule has 0 heterocycles. The van der Waals surface area contributed by atoms with Gasteiger partial charge in [-0.15, -0.1) is 0 Å². The molecule has 1 amide bonds. The highest BCUT2D eigenvalue weighted by Crippen LogP contribution is 2.31. The van der Waals surface area contributed by atoms with Crippen molar-refractivity contribution in [2.45, 2.75) is 51.1 Å². The van der Waals surface area contributed by atoms with E-state index in [9.17, 15) is 4.79 Å². The average molecular weight is 228 g/mol. The Labute approximate surface area is 97.9 Å². The van der Waals surface area contributed by atoms with Gasteiger partial charge in [0, 0.05) is 19.1 Å². The molecule has 1 unspecified atom stereocenters. The summed E-state index contributed by atoms with van der Waals surface area (Å²) in [5.41, 5.74) is 5.80. The van der Waals surface area contributed by atoms with E-state index in [1.807, 2.05) is 0 Å². The van der Waals surface area contributed by atoms with E-state index in [-0.39, 0.29) is 17.5 Å². The van der Waals surface area contributed by atoms with Crippen molar-refractivity contribution in [1.29, 1.82) is 0 Å². The van der Waals surface area contributed by atoms with E-state index >= 15 is 0 Å². The van der Waals surface area contributed by atoms with E-state index in [1.165, 1.54) is 0 Å². The van der Waals surface area contributed by atoms with E-state index < -0.39 is 0 Å². The summed E-state index contributed by atoms with van der Waals surface area (Å²) in [5.74, 6) is 0.428. The first kappa shape index (κ1) is 13.5. The van der Waals surface area contributed by atoms with Gasteiger partial charge in [0.25, 0.3) is 0 Å². The standard InChI is InChI=1S/C12H24N2O2/c1-9(2)10(8-16-3)14-11(15)7-12(13)5-4-6-12/h9-10H,4-8,13H2,1-3H3,(H,14,15). The van der Waals surface area contributed by atoms with Crippen molar-refractivity contribution in [2.75, 3.05) is 13.7 Å². The summed E-state index contributed by atoms with van der Waals surface area (Å²) in [4.78, 5) is 11.8. The fourth-order valence-electron chi connectivity index (χ4n) is 1.97. The lowest BCUT2D eigenvalue weighted by Gasteiger charge is -2.38. The molecule has 1 aliphatic rings. The van der Waals surface area contributed by atoms with Crippen LogP contribution in [0.3, 0.4) is 0 Å². The predicted octanol–water partition coefficient (Wildman–Crippen LogP) is 1.05. The Morgan fingerprint density at radius 2 is 2.12 bits per heavy atom. The van der Waals surface area contributed by atoms with E-state index in [1.54, 1.807) is 7.11 Å². The number of nitrogens with one attached hydrogen (secondary N) is 1. The Kier molecular flexibility index (Phi) is 4.74. The van der Waals surface area contributed by atoms with Gasteiger partial charge in [-0.2, -0.15) is 0 Å². The zero-order chi connectivity index (χ0) is 12.2. The van der Waals surface area contributed by atoms with E-state index in [2.05, 4.69) is 19.2 Å². The minimum absolute atomic E-state index is 0.0537. The van der Waals surface area contributed by atoms with Gasteiger partial charge in [-0.05, 0) is 25.2 Å². The lowest BCUT2D eigenvalue weighted by atomic mass is 9.75. The van der Waals surface area contributed by atoms with Gasteiger partial charge in [0.15, 0.2) is 0 Å². The summed E-state index contributed by atoms with van der Waals surface area (Å²) in [7, 11) is 1.65. The lowest BCUT2D eigenvalue weighted by molar-refractivity contribution is -0.124. The van der Waals surface area contributed by atoms with Gasteiger partial charge >= 0.3 is 0 Å². The molecular formula is C12H24N2O2. The number of rotatable bonds is 6. The van der Waals surface area contributed by atoms with Crippen LogP contribution in [0.2, 0.25) is 0 Å². The molecule has 0 bridgehead atoms. The molecule has 1 saturated carbocycles. The van der Waals surface area contributed by atoms with Crippen LogP contribution < -0.4 is 11.1 Å². The minimum Gasteiger partial charge on any atom is -0.383 e. The number of hydrogen-bond acceptors (Lipinski definition) is 3. The first-order valence-corrected chi connectivity index (χ1v) is 6.04. The lowest BCUT2D eigenvalue weighted by Crippen LogP contribution is -2.52. The Morgan fingerprint density at radius 1 is 1.50 bits per heavy atom. The van der Waals surface area contributed by atoms with Crippen molar-refractivity contribution in [3.8, 4) is 0 Å². The van der Waals surface area contributed by atoms with Crippen LogP contribution in [0.5, 0.6) is 0 Å². The molecule has 3 N–H and O–H groups in total. The third-order valence-electron chi connectivity index (χ3n) is 3.36. The van der Waals surface area contributed by atoms with Gasteiger partial charge in [0.2, 0.25) is 5.91 Å². The SMILES string of the molecule is COCC(NC(=O)CC1(N)CCC1)C(C)C. The molecule has 94 valence electrons. The highest BCUT2D eigenvalue weighted by atomic mass is 16.5. The van der Waals surface area contributed by atoms with Crippen LogP contribution in [0.25, 0.3) is 0 Å². The monoisotopic (exact) mass is 228 g/mol. The van der Waals surface area contributed by atoms with Crippen LogP contribution in [0.1, 0.15) is 39.5 Å². The Morgan fingerprint density at radius 3 is 2.50 bits per heavy atom. The maximum atomic E-state index is 11.8. The van der Waals surface area contributed by atoms with Crippen LogP contribution in [0.15, 0.2) is 0 Å². The number of carbonyl (C=O) groups is 1. The topological polar surface area (TPSA) is 64.3 Å². The molecule has 16 heavy (non-hydrogen) atoms. The highest BCUT2D eigenvalue weighted by Gasteiger charge is 2.35. The van der Waals surface area contributed by atoms with Crippen molar-refractivity contribution in [1.82, 2.24) is 5.32 Å². The molecule has 0 radical (unpaired) electrons. The van der Waals surface area contributed by atoms with Crippen molar-refractivity contribution < 1.29 is 9.53 Å². The first-order chi connectivity index (χ1) is 7.47. The number of ether oxygens (including phenoxy) is 1. The molecule has 0 saturated heterocycles. The Balaban J connectivity index is 2.36. The quantitative estimate of drug-likeness (QED) is 0.714. The number of hydrogen-bond donors (Lipinski definition) is 2. The van der Waals surface area contributed by atoms with Crippen molar-refractivity contribution in [2.24, 2.45) is 11.7 Å². The second kappa shape index (κ2) is 5.64. The molecule has 1 atom stereocenters. The zero-order valence-corrected chi connectivity index (χ0v) is 10.6. The first-order valence-electron chi connectivity index (χ1n) is 6.04. The summed E-state index contributed by atoms with van der Waals surface area (Å²) < 4.78 is 5.09. The smallest absolute Gasteiger partial charge is 0.222 e. The maximum absolute atomic E-state index is 11.8. The van der Waals surface area contributed by atoms with Gasteiger partial charge in [0.1, 0.15) is 0 Å². The molecule has 1 rings (SSSR count). The molecule has 1 fully saturated rings. The minimum atomic E-state index is -0.237. The molecule has 1 aliphatic carbocycles. The summed E-state index contributed by atoms with van der Waals surface area (Å²) in [6, 6.07) is 0.0844. The van der Waals surface area contributed by atoms with Gasteiger partial charge in [-0.3, -0.25) is 4.79 Å². The summed E-state index contributed by atoms with van der Waals surface area (Å²) in [6.07, 6.45) is 3.53. The molecule has 0 aromatic heterocycles. The van der Waals surface area contributed by atoms with Gasteiger partial charge in [-0.1, -0.05) is 13.8 Å². The third kappa shape index (κ3) is 3.76. The molecule has 0 aliphatic heterocycles. The number of methoxy groups -OCH3 is 1. The molecule has 0 aromatic rings. The number of carbonyl (C=O) groups excluding carboxylic acids is 1. The summed E-state index contributed by atoms with van der Waals surface area (Å²) in [5, 5.41) is 3.00. The molecule has 4 nitrogen and oxygen atoms in total. The van der Waals surface area contributed by atoms with E-state index in [0.717, 1.165) is 19.3 Å². The van der Waals surface area contributed by atoms with Crippen molar-refractivity contribution in [3.05, 3.63) is 0 Å². The second-order valence-electron chi connectivity index (χ2n) is 5.27. The Hall–Kier alpha value is -0.610. The van der Waals surface area contributed by atoms with Crippen molar-refractivity contribution >= 4 is 5.91 Å². The molecule has 0 aromatic carbocycles. The van der Waals surface area contributed by atoms with Gasteiger partial charge < -0.3 is 15.8 Å². The number of amides is 1. The molecule has 4 heteroatoms. The van der Waals surface area contributed by atoms with Crippen LogP contribution >= 0.6 is 0 Å². The fourth-order valence-corrected chi connectivity index (χ4v) is 1.97. The van der Waals surface area contributed by atoms with Gasteiger partial charge in [-0.25, -0.2) is 0 Å². The van der Waals surface area contributed by atoms with Gasteiger partial charge in [0.05, 0.1) is 12.6 Å². The van der Waals surface area contributed by atoms with Crippen LogP contribution in [0.4, 0.5) is 0 Å². The fraction of sp³-hybridized carbons (Fsp3) is 0.917. The van der Waals surface area contributed by atoms with Crippen LogP contribution in [0, 0.1) is 5.92 Å². The summed E-state index contributed by atoms with van der Waals surface area (Å²) in [6.45, 7) is 4.71. The zero-order valence-electron chi connectivity index (χ0n) is 10.6. The number of nitrogens with two attached hydrogens (primary N) is 1. The van der Waals surface area contributed by atoms with Crippen molar-refractivity contribution in [3.63, 3.8) is 0 Å². The van der Waals surface area contributed by atoms with E-state index in [4.69, 9.17) is 10.5 Å². The highest BCUT2D eigenvalue weighted by molar-refractivity contribution is 5.77. The average Bonchev–Trinajstić information content (AvgIpc) is 2.14. The van der Waals surface area contributed by atoms with Crippen LogP contribution in [-0.4, -0.2) is 31.2 Å². The van der Waals surface area contributed by atoms with Crippen LogP contribution in [-0.2, 0) is 9.53 Å². The maximum Gasteiger partial charge on any atom is 0.222 e. The molecular weight excluding hydrogens is 204 g/mol. The largest absolute Gasteiger partial charge is 0.383 e. The molecule has 0 spiro atoms. The Bertz CT molecular complexity index is 237. The normalized spacial score (nSPS) is 20.3. The predicted molar refractivity (Wildman–Crippen MR) is 64.0 cm³/mol. The second-order valence-corrected chi connectivity index (χ2v) is 5.27. The van der Waals surface area contributed by atoms with E-state index in [0.29, 0.717) is 18.9 Å². The third-order valence-corrected chi connectivity index (χ3v) is 3.36. The summed E-state index contributed by atoms with van der Waals surface area (Å²) >= 11 is 0.